The number of hydrogen-bond acceptors (Lipinski definition) is 4. The van der Waals surface area contributed by atoms with Gasteiger partial charge in [0.1, 0.15) is 5.75 Å². The maximum absolute atomic E-state index is 6.41. The predicted molar refractivity (Wildman–Crippen MR) is 131 cm³/mol. The summed E-state index contributed by atoms with van der Waals surface area (Å²) < 4.78 is 6.27. The molecule has 0 saturated carbocycles. The van der Waals surface area contributed by atoms with E-state index >= 15 is 0 Å². The minimum absolute atomic E-state index is 0.427. The van der Waals surface area contributed by atoms with E-state index in [-0.39, 0.29) is 0 Å². The number of fused-ring (bicyclic) bond motifs is 1. The van der Waals surface area contributed by atoms with Crippen LogP contribution in [0.2, 0.25) is 0 Å². The summed E-state index contributed by atoms with van der Waals surface area (Å²) in [5.74, 6) is 1.32. The summed E-state index contributed by atoms with van der Waals surface area (Å²) in [4.78, 5) is 4.62. The molecule has 0 spiro atoms. The van der Waals surface area contributed by atoms with Crippen molar-refractivity contribution < 1.29 is 4.74 Å². The number of ether oxygens (including phenoxy) is 1. The molecule has 0 bridgehead atoms. The topological polar surface area (TPSA) is 60.2 Å². The number of nitrogen functional groups attached to an aromatic ring is 1. The number of rotatable bonds is 6. The smallest absolute Gasteiger partial charge is 0.128 e. The third kappa shape index (κ3) is 4.91. The summed E-state index contributed by atoms with van der Waals surface area (Å²) in [6, 6.07) is 16.8. The number of nitrogens with two attached hydrogens (primary N) is 1. The highest BCUT2D eigenvalue weighted by Crippen LogP contribution is 2.32. The highest BCUT2D eigenvalue weighted by molar-refractivity contribution is 5.85. The largest absolute Gasteiger partial charge is 0.493 e. The highest BCUT2D eigenvalue weighted by atomic mass is 16.5. The van der Waals surface area contributed by atoms with Gasteiger partial charge in [0.25, 0.3) is 0 Å². The second-order valence-corrected chi connectivity index (χ2v) is 8.70. The van der Waals surface area contributed by atoms with Gasteiger partial charge in [-0.15, -0.1) is 0 Å². The Balaban J connectivity index is 1.58. The number of piperidine rings is 1. The fraction of sp³-hybridized carbons (Fsp3) is 0.370. The fourth-order valence-electron chi connectivity index (χ4n) is 4.46. The van der Waals surface area contributed by atoms with Gasteiger partial charge in [-0.25, -0.2) is 0 Å². The molecular weight excluding hydrogens is 382 g/mol. The van der Waals surface area contributed by atoms with E-state index in [2.05, 4.69) is 48.4 Å². The Morgan fingerprint density at radius 1 is 1.10 bits per heavy atom. The van der Waals surface area contributed by atoms with Gasteiger partial charge in [0.15, 0.2) is 0 Å². The van der Waals surface area contributed by atoms with Crippen LogP contribution in [0, 0.1) is 6.92 Å². The van der Waals surface area contributed by atoms with Gasteiger partial charge >= 0.3 is 0 Å². The highest BCUT2D eigenvalue weighted by Gasteiger charge is 2.15. The molecule has 3 N–H and O–H groups in total. The minimum atomic E-state index is 0.427. The van der Waals surface area contributed by atoms with Crippen LogP contribution in [0.4, 0.5) is 5.69 Å². The summed E-state index contributed by atoms with van der Waals surface area (Å²) in [6.45, 7) is 9.09. The van der Waals surface area contributed by atoms with E-state index in [0.717, 1.165) is 60.4 Å². The van der Waals surface area contributed by atoms with Crippen molar-refractivity contribution in [2.75, 3.05) is 25.4 Å². The van der Waals surface area contributed by atoms with Gasteiger partial charge in [-0.3, -0.25) is 4.98 Å². The van der Waals surface area contributed by atoms with Crippen LogP contribution in [0.15, 0.2) is 54.1 Å². The fourth-order valence-corrected chi connectivity index (χ4v) is 4.46. The summed E-state index contributed by atoms with van der Waals surface area (Å²) in [5, 5.41) is 4.53. The van der Waals surface area contributed by atoms with E-state index in [9.17, 15) is 0 Å². The zero-order chi connectivity index (χ0) is 21.8. The van der Waals surface area contributed by atoms with E-state index < -0.39 is 0 Å². The molecule has 4 heteroatoms. The molecule has 0 unspecified atom stereocenters. The van der Waals surface area contributed by atoms with Crippen molar-refractivity contribution in [2.24, 2.45) is 0 Å². The van der Waals surface area contributed by atoms with Gasteiger partial charge in [-0.2, -0.15) is 0 Å². The second kappa shape index (κ2) is 9.52. The van der Waals surface area contributed by atoms with E-state index in [1.165, 1.54) is 22.3 Å². The molecular formula is C27H33N3O. The number of benzene rings is 2. The van der Waals surface area contributed by atoms with Crippen LogP contribution in [0.25, 0.3) is 16.5 Å². The molecule has 3 aromatic rings. The molecule has 162 valence electrons. The minimum Gasteiger partial charge on any atom is -0.493 e. The zero-order valence-electron chi connectivity index (χ0n) is 18.9. The molecule has 1 aromatic heterocycles. The molecule has 0 radical (unpaired) electrons. The van der Waals surface area contributed by atoms with Gasteiger partial charge in [0, 0.05) is 23.2 Å². The number of aromatic nitrogens is 1. The maximum Gasteiger partial charge on any atom is 0.128 e. The average molecular weight is 416 g/mol. The first-order chi connectivity index (χ1) is 15.0. The number of nitrogens with zero attached hydrogens (tertiary/aromatic N) is 1. The molecule has 1 aliphatic rings. The van der Waals surface area contributed by atoms with Gasteiger partial charge in [0.2, 0.25) is 0 Å². The van der Waals surface area contributed by atoms with Gasteiger partial charge in [0.05, 0.1) is 12.1 Å². The lowest BCUT2D eigenvalue weighted by atomic mass is 9.90. The first-order valence-electron chi connectivity index (χ1n) is 11.3. The number of aryl methyl sites for hydroxylation is 1. The monoisotopic (exact) mass is 415 g/mol. The molecule has 31 heavy (non-hydrogen) atoms. The Bertz CT molecular complexity index is 1090. The van der Waals surface area contributed by atoms with Crippen molar-refractivity contribution in [1.82, 2.24) is 10.3 Å². The van der Waals surface area contributed by atoms with Crippen molar-refractivity contribution in [3.63, 3.8) is 0 Å². The lowest BCUT2D eigenvalue weighted by Gasteiger charge is -2.22. The second-order valence-electron chi connectivity index (χ2n) is 8.70. The Kier molecular flexibility index (Phi) is 6.57. The van der Waals surface area contributed by atoms with Crippen LogP contribution in [0.1, 0.15) is 55.8 Å². The SMILES string of the molecule is Cc1ccc2c(OCCC(=C3CCNCC3)c3ccc(C(C)C)c(N)c3)cccc2n1. The number of anilines is 1. The van der Waals surface area contributed by atoms with Crippen LogP contribution >= 0.6 is 0 Å². The quantitative estimate of drug-likeness (QED) is 0.495. The van der Waals surface area contributed by atoms with Crippen molar-refractivity contribution in [3.05, 3.63) is 70.9 Å². The number of hydrogen-bond donors (Lipinski definition) is 2. The Hall–Kier alpha value is -2.85. The average Bonchev–Trinajstić information content (AvgIpc) is 2.77. The molecule has 1 aliphatic heterocycles. The van der Waals surface area contributed by atoms with Gasteiger partial charge in [-0.1, -0.05) is 37.6 Å². The first-order valence-corrected chi connectivity index (χ1v) is 11.3. The molecule has 0 aliphatic carbocycles. The molecule has 4 rings (SSSR count). The molecule has 2 heterocycles. The standard InChI is InChI=1S/C27H33N3O/c1-18(2)22-10-8-21(17-25(22)28)23(20-11-14-29-15-12-20)13-16-31-27-6-4-5-26-24(27)9-7-19(3)30-26/h4-10,17-18,29H,11-16,28H2,1-3H3. The van der Waals surface area contributed by atoms with Crippen LogP contribution in [-0.4, -0.2) is 24.7 Å². The van der Waals surface area contributed by atoms with Crippen LogP contribution in [0.5, 0.6) is 5.75 Å². The van der Waals surface area contributed by atoms with Crippen LogP contribution < -0.4 is 15.8 Å². The predicted octanol–water partition coefficient (Wildman–Crippen LogP) is 5.85. The summed E-state index contributed by atoms with van der Waals surface area (Å²) in [7, 11) is 0. The lowest BCUT2D eigenvalue weighted by Crippen LogP contribution is -2.24. The van der Waals surface area contributed by atoms with E-state index in [4.69, 9.17) is 10.5 Å². The molecule has 1 fully saturated rings. The third-order valence-electron chi connectivity index (χ3n) is 6.13. The Morgan fingerprint density at radius 3 is 2.65 bits per heavy atom. The van der Waals surface area contributed by atoms with Crippen molar-refractivity contribution in [3.8, 4) is 5.75 Å². The molecule has 0 amide bonds. The Morgan fingerprint density at radius 2 is 1.90 bits per heavy atom. The summed E-state index contributed by atoms with van der Waals surface area (Å²) >= 11 is 0. The maximum atomic E-state index is 6.41. The van der Waals surface area contributed by atoms with Gasteiger partial charge < -0.3 is 15.8 Å². The van der Waals surface area contributed by atoms with Crippen LogP contribution in [0.3, 0.4) is 0 Å². The van der Waals surface area contributed by atoms with Crippen LogP contribution in [-0.2, 0) is 0 Å². The van der Waals surface area contributed by atoms with E-state index in [0.29, 0.717) is 12.5 Å². The summed E-state index contributed by atoms with van der Waals surface area (Å²) in [6.07, 6.45) is 3.03. The van der Waals surface area contributed by atoms with Crippen molar-refractivity contribution in [2.45, 2.75) is 46.0 Å². The molecule has 2 aromatic carbocycles. The summed E-state index contributed by atoms with van der Waals surface area (Å²) in [5.41, 5.74) is 14.7. The Labute approximate surface area is 185 Å². The lowest BCUT2D eigenvalue weighted by molar-refractivity contribution is 0.330. The normalized spacial score (nSPS) is 14.3. The third-order valence-corrected chi connectivity index (χ3v) is 6.13. The van der Waals surface area contributed by atoms with Gasteiger partial charge in [-0.05, 0) is 85.8 Å². The first kappa shape index (κ1) is 21.4. The molecule has 4 nitrogen and oxygen atoms in total. The van der Waals surface area contributed by atoms with E-state index in [1.807, 2.05) is 31.2 Å². The number of nitrogens with one attached hydrogen (secondary N) is 1. The van der Waals surface area contributed by atoms with Crippen molar-refractivity contribution in [1.29, 1.82) is 0 Å². The van der Waals surface area contributed by atoms with Crippen molar-refractivity contribution >= 4 is 22.2 Å². The zero-order valence-corrected chi connectivity index (χ0v) is 18.9. The molecule has 1 saturated heterocycles. The van der Waals surface area contributed by atoms with E-state index in [1.54, 1.807) is 0 Å². The number of pyridine rings is 1. The molecule has 0 atom stereocenters.